The Labute approximate surface area is 397 Å². The van der Waals surface area contributed by atoms with E-state index in [9.17, 15) is 14.4 Å². The molecule has 0 amide bonds. The first kappa shape index (κ1) is 60.3. The summed E-state index contributed by atoms with van der Waals surface area (Å²) in [6.07, 6.45) is 74.2. The summed E-state index contributed by atoms with van der Waals surface area (Å²) in [4.78, 5) is 37.9. The largest absolute Gasteiger partial charge is 0.462 e. The fourth-order valence-electron chi connectivity index (χ4n) is 6.15. The van der Waals surface area contributed by atoms with Gasteiger partial charge in [0.15, 0.2) is 6.10 Å². The van der Waals surface area contributed by atoms with E-state index in [4.69, 9.17) is 14.2 Å². The summed E-state index contributed by atoms with van der Waals surface area (Å²) in [6.45, 7) is 6.14. The number of carbonyl (C=O) groups excluding carboxylic acids is 3. The minimum atomic E-state index is -0.841. The van der Waals surface area contributed by atoms with Crippen LogP contribution in [-0.4, -0.2) is 37.2 Å². The highest BCUT2D eigenvalue weighted by molar-refractivity contribution is 5.71. The molecule has 0 saturated carbocycles. The number of allylic oxidation sites excluding steroid dienone is 24. The Morgan fingerprint density at radius 2 is 0.600 bits per heavy atom. The van der Waals surface area contributed by atoms with Crippen molar-refractivity contribution in [2.45, 2.75) is 194 Å². The van der Waals surface area contributed by atoms with E-state index in [2.05, 4.69) is 154 Å². The Morgan fingerprint density at radius 1 is 0.308 bits per heavy atom. The lowest BCUT2D eigenvalue weighted by atomic mass is 10.1. The van der Waals surface area contributed by atoms with Crippen LogP contribution >= 0.6 is 0 Å². The predicted molar refractivity (Wildman–Crippen MR) is 279 cm³/mol. The van der Waals surface area contributed by atoms with Crippen molar-refractivity contribution >= 4 is 17.9 Å². The molecular formula is C59H90O6. The van der Waals surface area contributed by atoms with Crippen molar-refractivity contribution < 1.29 is 28.6 Å². The zero-order chi connectivity index (χ0) is 47.2. The summed E-state index contributed by atoms with van der Waals surface area (Å²) in [5, 5.41) is 0. The molecule has 0 radical (unpaired) electrons. The van der Waals surface area contributed by atoms with E-state index in [1.807, 2.05) is 12.2 Å². The fraction of sp³-hybridized carbons (Fsp3) is 0.542. The van der Waals surface area contributed by atoms with Crippen LogP contribution in [0.15, 0.2) is 146 Å². The van der Waals surface area contributed by atoms with Crippen LogP contribution in [0.3, 0.4) is 0 Å². The van der Waals surface area contributed by atoms with Gasteiger partial charge >= 0.3 is 17.9 Å². The molecule has 6 heteroatoms. The van der Waals surface area contributed by atoms with Crippen molar-refractivity contribution in [3.8, 4) is 0 Å². The molecular weight excluding hydrogens is 805 g/mol. The lowest BCUT2D eigenvalue weighted by Crippen LogP contribution is -2.30. The second kappa shape index (κ2) is 51.9. The molecule has 0 spiro atoms. The third-order valence-corrected chi connectivity index (χ3v) is 9.83. The van der Waals surface area contributed by atoms with Gasteiger partial charge in [-0.3, -0.25) is 14.4 Å². The van der Waals surface area contributed by atoms with Gasteiger partial charge in [-0.25, -0.2) is 0 Å². The van der Waals surface area contributed by atoms with E-state index < -0.39 is 6.10 Å². The zero-order valence-corrected chi connectivity index (χ0v) is 41.2. The minimum absolute atomic E-state index is 0.140. The van der Waals surface area contributed by atoms with Gasteiger partial charge in [0.05, 0.1) is 0 Å². The van der Waals surface area contributed by atoms with Crippen LogP contribution in [0, 0.1) is 0 Å². The average molecular weight is 895 g/mol. The van der Waals surface area contributed by atoms with Gasteiger partial charge in [-0.2, -0.15) is 0 Å². The number of hydrogen-bond acceptors (Lipinski definition) is 6. The van der Waals surface area contributed by atoms with Crippen molar-refractivity contribution in [2.24, 2.45) is 0 Å². The summed E-state index contributed by atoms with van der Waals surface area (Å²) >= 11 is 0. The molecule has 0 N–H and O–H groups in total. The number of rotatable bonds is 43. The molecule has 6 nitrogen and oxygen atoms in total. The Balaban J connectivity index is 4.60. The Kier molecular flexibility index (Phi) is 48.2. The first-order valence-electron chi connectivity index (χ1n) is 25.3. The summed E-state index contributed by atoms with van der Waals surface area (Å²) in [6, 6.07) is 0. The summed E-state index contributed by atoms with van der Waals surface area (Å²) in [5.74, 6) is -1.10. The monoisotopic (exact) mass is 895 g/mol. The van der Waals surface area contributed by atoms with E-state index in [0.717, 1.165) is 116 Å². The quantitative estimate of drug-likeness (QED) is 0.0263. The van der Waals surface area contributed by atoms with Crippen molar-refractivity contribution in [3.05, 3.63) is 146 Å². The normalized spacial score (nSPS) is 13.3. The molecule has 0 saturated heterocycles. The molecule has 0 aromatic carbocycles. The van der Waals surface area contributed by atoms with Gasteiger partial charge in [0.25, 0.3) is 0 Å². The van der Waals surface area contributed by atoms with Crippen molar-refractivity contribution in [3.63, 3.8) is 0 Å². The Bertz CT molecular complexity index is 1490. The molecule has 362 valence electrons. The van der Waals surface area contributed by atoms with Crippen LogP contribution in [0.1, 0.15) is 188 Å². The molecule has 0 rings (SSSR count). The molecule has 0 aliphatic rings. The van der Waals surface area contributed by atoms with E-state index in [0.29, 0.717) is 12.8 Å². The van der Waals surface area contributed by atoms with Crippen molar-refractivity contribution in [1.29, 1.82) is 0 Å². The number of hydrogen-bond donors (Lipinski definition) is 0. The highest BCUT2D eigenvalue weighted by atomic mass is 16.6. The van der Waals surface area contributed by atoms with Gasteiger partial charge in [0, 0.05) is 19.3 Å². The van der Waals surface area contributed by atoms with Crippen LogP contribution < -0.4 is 0 Å². The maximum Gasteiger partial charge on any atom is 0.306 e. The van der Waals surface area contributed by atoms with Crippen LogP contribution in [0.5, 0.6) is 0 Å². The van der Waals surface area contributed by atoms with E-state index >= 15 is 0 Å². The van der Waals surface area contributed by atoms with Gasteiger partial charge in [-0.1, -0.05) is 199 Å². The maximum atomic E-state index is 12.8. The number of ether oxygens (including phenoxy) is 3. The number of unbranched alkanes of at least 4 members (excludes halogenated alkanes) is 8. The van der Waals surface area contributed by atoms with E-state index in [1.165, 1.54) is 19.3 Å². The summed E-state index contributed by atoms with van der Waals surface area (Å²) in [5.41, 5.74) is 0. The Hall–Kier alpha value is -4.71. The van der Waals surface area contributed by atoms with Crippen molar-refractivity contribution in [2.75, 3.05) is 13.2 Å². The molecule has 0 fully saturated rings. The minimum Gasteiger partial charge on any atom is -0.462 e. The fourth-order valence-corrected chi connectivity index (χ4v) is 6.15. The lowest BCUT2D eigenvalue weighted by molar-refractivity contribution is -0.166. The SMILES string of the molecule is CC/C=C\C/C=C\C/C=C\C/C=C\C/C=C\CCCC(=O)OCC(COC(=O)CC/C=C\C/C=C\C/C=C\C/C=C\CC)OC(=O)CCCCCCCCC/C=C\C/C=C\C/C=C\CC. The highest BCUT2D eigenvalue weighted by Crippen LogP contribution is 2.12. The van der Waals surface area contributed by atoms with Gasteiger partial charge in [-0.15, -0.1) is 0 Å². The molecule has 1 atom stereocenters. The first-order chi connectivity index (χ1) is 32.0. The molecule has 0 aliphatic carbocycles. The average Bonchev–Trinajstić information content (AvgIpc) is 3.30. The molecule has 0 aromatic heterocycles. The predicted octanol–water partition coefficient (Wildman–Crippen LogP) is 16.9. The van der Waals surface area contributed by atoms with E-state index in [-0.39, 0.29) is 50.4 Å². The zero-order valence-electron chi connectivity index (χ0n) is 41.2. The standard InChI is InChI=1S/C59H90O6/c1-4-7-10-13-16-19-22-25-27-29-31-34-37-40-43-46-49-52-58(61)64-55-56(54-63-57(60)51-48-45-42-39-36-33-24-21-18-15-12-9-6-3)65-59(62)53-50-47-44-41-38-35-32-30-28-26-23-20-17-14-11-8-5-2/h7-12,16-21,25-28,31,33-34,36,40,42-43,45,56H,4-6,13-15,22-24,29-30,32,35,37-39,41,44,46-55H2,1-3H3/b10-7-,11-8-,12-9-,19-16-,20-17-,21-18-,27-25-,28-26-,34-31-,36-33-,43-40-,45-42-. The molecule has 0 heterocycles. The Morgan fingerprint density at radius 3 is 1.00 bits per heavy atom. The topological polar surface area (TPSA) is 78.9 Å². The van der Waals surface area contributed by atoms with Gasteiger partial charge in [0.2, 0.25) is 0 Å². The smallest absolute Gasteiger partial charge is 0.306 e. The molecule has 0 aliphatic heterocycles. The summed E-state index contributed by atoms with van der Waals surface area (Å²) < 4.78 is 16.7. The second-order valence-corrected chi connectivity index (χ2v) is 15.9. The number of esters is 3. The first-order valence-corrected chi connectivity index (χ1v) is 25.3. The highest BCUT2D eigenvalue weighted by Gasteiger charge is 2.19. The van der Waals surface area contributed by atoms with Gasteiger partial charge in [-0.05, 0) is 116 Å². The molecule has 65 heavy (non-hydrogen) atoms. The van der Waals surface area contributed by atoms with Crippen LogP contribution in [0.25, 0.3) is 0 Å². The molecule has 0 aromatic rings. The van der Waals surface area contributed by atoms with Crippen LogP contribution in [0.2, 0.25) is 0 Å². The third kappa shape index (κ3) is 50.2. The number of carbonyl (C=O) groups is 3. The maximum absolute atomic E-state index is 12.8. The van der Waals surface area contributed by atoms with Crippen LogP contribution in [0.4, 0.5) is 0 Å². The second-order valence-electron chi connectivity index (χ2n) is 15.9. The lowest BCUT2D eigenvalue weighted by Gasteiger charge is -2.18. The molecule has 1 unspecified atom stereocenters. The van der Waals surface area contributed by atoms with E-state index in [1.54, 1.807) is 0 Å². The van der Waals surface area contributed by atoms with Crippen molar-refractivity contribution in [1.82, 2.24) is 0 Å². The summed E-state index contributed by atoms with van der Waals surface area (Å²) in [7, 11) is 0. The van der Waals surface area contributed by atoms with Gasteiger partial charge < -0.3 is 14.2 Å². The van der Waals surface area contributed by atoms with Gasteiger partial charge in [0.1, 0.15) is 13.2 Å². The molecule has 0 bridgehead atoms. The third-order valence-electron chi connectivity index (χ3n) is 9.83. The van der Waals surface area contributed by atoms with Crippen LogP contribution in [-0.2, 0) is 28.6 Å².